The molecule has 3 amide bonds. The van der Waals surface area contributed by atoms with E-state index in [0.717, 1.165) is 12.8 Å². The van der Waals surface area contributed by atoms with Crippen LogP contribution in [-0.4, -0.2) is 36.9 Å². The smallest absolute Gasteiger partial charge is 0.254 e. The number of benzene rings is 1. The molecule has 3 rings (SSSR count). The third-order valence-electron chi connectivity index (χ3n) is 4.69. The van der Waals surface area contributed by atoms with Gasteiger partial charge in [0.25, 0.3) is 5.91 Å². The van der Waals surface area contributed by atoms with Gasteiger partial charge in [0.05, 0.1) is 11.3 Å². The third kappa shape index (κ3) is 4.78. The fraction of sp³-hybridized carbons (Fsp3) is 0.381. The Morgan fingerprint density at radius 2 is 2.04 bits per heavy atom. The second kappa shape index (κ2) is 9.50. The number of amides is 3. The van der Waals surface area contributed by atoms with E-state index in [0.29, 0.717) is 24.3 Å². The molecule has 1 aromatic heterocycles. The van der Waals surface area contributed by atoms with Gasteiger partial charge in [0.15, 0.2) is 0 Å². The zero-order valence-corrected chi connectivity index (χ0v) is 16.8. The van der Waals surface area contributed by atoms with Crippen LogP contribution >= 0.6 is 11.3 Å². The lowest BCUT2D eigenvalue weighted by Gasteiger charge is -2.24. The van der Waals surface area contributed by atoms with Crippen LogP contribution in [-0.2, 0) is 16.0 Å². The molecule has 2 aromatic rings. The molecule has 2 N–H and O–H groups in total. The number of thiophene rings is 1. The van der Waals surface area contributed by atoms with Crippen molar-refractivity contribution >= 4 is 34.7 Å². The van der Waals surface area contributed by atoms with Gasteiger partial charge in [-0.15, -0.1) is 11.3 Å². The second-order valence-corrected chi connectivity index (χ2v) is 7.78. The van der Waals surface area contributed by atoms with Gasteiger partial charge >= 0.3 is 0 Å². The Kier molecular flexibility index (Phi) is 6.81. The van der Waals surface area contributed by atoms with Gasteiger partial charge in [0.2, 0.25) is 11.8 Å². The molecule has 0 saturated heterocycles. The number of nitrogens with zero attached hydrogens (tertiary/aromatic N) is 1. The first kappa shape index (κ1) is 20.1. The van der Waals surface area contributed by atoms with E-state index in [1.165, 1.54) is 4.88 Å². The van der Waals surface area contributed by atoms with Gasteiger partial charge in [-0.1, -0.05) is 25.1 Å². The van der Waals surface area contributed by atoms with Crippen molar-refractivity contribution in [2.75, 3.05) is 18.0 Å². The summed E-state index contributed by atoms with van der Waals surface area (Å²) in [6.45, 7) is 3.10. The molecule has 1 aliphatic heterocycles. The molecule has 1 unspecified atom stereocenters. The summed E-state index contributed by atoms with van der Waals surface area (Å²) in [5.41, 5.74) is 1.13. The lowest BCUT2D eigenvalue weighted by atomic mass is 10.1. The van der Waals surface area contributed by atoms with Crippen molar-refractivity contribution in [1.29, 1.82) is 0 Å². The Morgan fingerprint density at radius 1 is 1.21 bits per heavy atom. The molecule has 7 heteroatoms. The molecule has 0 bridgehead atoms. The van der Waals surface area contributed by atoms with Crippen molar-refractivity contribution in [1.82, 2.24) is 10.6 Å². The first-order valence-electron chi connectivity index (χ1n) is 9.60. The van der Waals surface area contributed by atoms with Crippen LogP contribution in [0.15, 0.2) is 41.8 Å². The van der Waals surface area contributed by atoms with Crippen LogP contribution in [0, 0.1) is 0 Å². The summed E-state index contributed by atoms with van der Waals surface area (Å²) in [5, 5.41) is 7.70. The minimum absolute atomic E-state index is 0.109. The average Bonchev–Trinajstić information content (AvgIpc) is 3.19. The van der Waals surface area contributed by atoms with Crippen LogP contribution in [0.3, 0.4) is 0 Å². The summed E-state index contributed by atoms with van der Waals surface area (Å²) in [6.07, 6.45) is 2.05. The Balaban J connectivity index is 1.59. The number of fused-ring (bicyclic) bond motifs is 1. The van der Waals surface area contributed by atoms with Gasteiger partial charge in [-0.25, -0.2) is 0 Å². The number of nitrogens with one attached hydrogen (secondary N) is 2. The summed E-state index contributed by atoms with van der Waals surface area (Å²) in [4.78, 5) is 40.6. The molecule has 6 nitrogen and oxygen atoms in total. The zero-order valence-electron chi connectivity index (χ0n) is 15.9. The Morgan fingerprint density at radius 3 is 2.79 bits per heavy atom. The summed E-state index contributed by atoms with van der Waals surface area (Å²) in [6, 6.07) is 10.5. The molecule has 0 radical (unpaired) electrons. The van der Waals surface area contributed by atoms with Crippen molar-refractivity contribution in [3.05, 3.63) is 52.2 Å². The highest BCUT2D eigenvalue weighted by molar-refractivity contribution is 7.09. The highest BCUT2D eigenvalue weighted by Gasteiger charge is 2.33. The lowest BCUT2D eigenvalue weighted by Crippen LogP contribution is -2.46. The van der Waals surface area contributed by atoms with E-state index in [-0.39, 0.29) is 30.6 Å². The predicted octanol–water partition coefficient (Wildman–Crippen LogP) is 2.74. The Bertz CT molecular complexity index is 835. The lowest BCUT2D eigenvalue weighted by molar-refractivity contribution is -0.122. The van der Waals surface area contributed by atoms with E-state index in [4.69, 9.17) is 0 Å². The van der Waals surface area contributed by atoms with Crippen LogP contribution in [0.25, 0.3) is 0 Å². The maximum Gasteiger partial charge on any atom is 0.254 e. The number of rotatable bonds is 8. The third-order valence-corrected chi connectivity index (χ3v) is 5.63. The minimum atomic E-state index is -0.700. The predicted molar refractivity (Wildman–Crippen MR) is 111 cm³/mol. The van der Waals surface area contributed by atoms with Gasteiger partial charge < -0.3 is 15.5 Å². The number of para-hydroxylation sites is 1. The van der Waals surface area contributed by atoms with E-state index in [1.54, 1.807) is 34.4 Å². The SMILES string of the molecule is CCCN1C(=O)C(CCC(=O)NCCc2cccs2)NC(=O)c2ccccc21. The number of hydrogen-bond acceptors (Lipinski definition) is 4. The quantitative estimate of drug-likeness (QED) is 0.716. The number of hydrogen-bond donors (Lipinski definition) is 2. The minimum Gasteiger partial charge on any atom is -0.356 e. The number of carbonyl (C=O) groups excluding carboxylic acids is 3. The molecule has 0 aliphatic carbocycles. The number of anilines is 1. The van der Waals surface area contributed by atoms with Gasteiger partial charge in [0.1, 0.15) is 6.04 Å². The fourth-order valence-corrected chi connectivity index (χ4v) is 4.01. The normalized spacial score (nSPS) is 16.3. The van der Waals surface area contributed by atoms with Crippen molar-refractivity contribution in [2.24, 2.45) is 0 Å². The molecule has 0 fully saturated rings. The van der Waals surface area contributed by atoms with Gasteiger partial charge in [-0.2, -0.15) is 0 Å². The van der Waals surface area contributed by atoms with E-state index in [9.17, 15) is 14.4 Å². The maximum atomic E-state index is 13.0. The van der Waals surface area contributed by atoms with Crippen LogP contribution in [0.2, 0.25) is 0 Å². The molecular formula is C21H25N3O3S. The van der Waals surface area contributed by atoms with Gasteiger partial charge in [-0.05, 0) is 42.8 Å². The topological polar surface area (TPSA) is 78.5 Å². The molecule has 0 spiro atoms. The molecule has 28 heavy (non-hydrogen) atoms. The molecule has 2 heterocycles. The molecular weight excluding hydrogens is 374 g/mol. The standard InChI is InChI=1S/C21H25N3O3S/c1-2-13-24-18-8-4-3-7-16(18)20(26)23-17(21(24)27)9-10-19(25)22-12-11-15-6-5-14-28-15/h3-8,14,17H,2,9-13H2,1H3,(H,22,25)(H,23,26). The Hall–Kier alpha value is -2.67. The maximum absolute atomic E-state index is 13.0. The summed E-state index contributed by atoms with van der Waals surface area (Å²) >= 11 is 1.66. The average molecular weight is 400 g/mol. The van der Waals surface area contributed by atoms with E-state index in [1.807, 2.05) is 30.5 Å². The largest absolute Gasteiger partial charge is 0.356 e. The first-order valence-corrected chi connectivity index (χ1v) is 10.5. The molecule has 0 saturated carbocycles. The van der Waals surface area contributed by atoms with Crippen LogP contribution in [0.4, 0.5) is 5.69 Å². The van der Waals surface area contributed by atoms with Crippen LogP contribution < -0.4 is 15.5 Å². The van der Waals surface area contributed by atoms with Crippen LogP contribution in [0.5, 0.6) is 0 Å². The summed E-state index contributed by atoms with van der Waals surface area (Å²) in [5.74, 6) is -0.542. The van der Waals surface area contributed by atoms with E-state index in [2.05, 4.69) is 10.6 Å². The van der Waals surface area contributed by atoms with Crippen molar-refractivity contribution in [3.63, 3.8) is 0 Å². The van der Waals surface area contributed by atoms with Crippen molar-refractivity contribution in [2.45, 2.75) is 38.6 Å². The summed E-state index contributed by atoms with van der Waals surface area (Å²) < 4.78 is 0. The second-order valence-electron chi connectivity index (χ2n) is 6.75. The Labute approximate surface area is 168 Å². The zero-order chi connectivity index (χ0) is 19.9. The van der Waals surface area contributed by atoms with Gasteiger partial charge in [-0.3, -0.25) is 14.4 Å². The molecule has 1 atom stereocenters. The van der Waals surface area contributed by atoms with E-state index >= 15 is 0 Å². The van der Waals surface area contributed by atoms with Gasteiger partial charge in [0, 0.05) is 24.4 Å². The molecule has 1 aliphatic rings. The highest BCUT2D eigenvalue weighted by Crippen LogP contribution is 2.25. The summed E-state index contributed by atoms with van der Waals surface area (Å²) in [7, 11) is 0. The molecule has 1 aromatic carbocycles. The van der Waals surface area contributed by atoms with Crippen molar-refractivity contribution < 1.29 is 14.4 Å². The molecule has 148 valence electrons. The van der Waals surface area contributed by atoms with E-state index < -0.39 is 6.04 Å². The highest BCUT2D eigenvalue weighted by atomic mass is 32.1. The fourth-order valence-electron chi connectivity index (χ4n) is 3.30. The van der Waals surface area contributed by atoms with Crippen LogP contribution in [0.1, 0.15) is 41.4 Å². The monoisotopic (exact) mass is 399 g/mol. The number of carbonyl (C=O) groups is 3. The first-order chi connectivity index (χ1) is 13.6. The van der Waals surface area contributed by atoms with Crippen molar-refractivity contribution in [3.8, 4) is 0 Å².